The van der Waals surface area contributed by atoms with Crippen LogP contribution in [0.5, 0.6) is 5.75 Å². The topological polar surface area (TPSA) is 85.7 Å². The highest BCUT2D eigenvalue weighted by molar-refractivity contribution is 7.32. The van der Waals surface area contributed by atoms with E-state index < -0.39 is 8.25 Å². The molecule has 0 aliphatic heterocycles. The van der Waals surface area contributed by atoms with E-state index in [1.165, 1.54) is 0 Å². The molecule has 0 radical (unpaired) electrons. The smallest absolute Gasteiger partial charge is 0.468 e. The summed E-state index contributed by atoms with van der Waals surface area (Å²) in [6.45, 7) is 0.493. The lowest BCUT2D eigenvalue weighted by atomic mass is 10.3. The van der Waals surface area contributed by atoms with Gasteiger partial charge in [0.1, 0.15) is 5.76 Å². The first-order chi connectivity index (χ1) is 8.22. The predicted molar refractivity (Wildman–Crippen MR) is 63.5 cm³/mol. The molecule has 1 aromatic carbocycles. The summed E-state index contributed by atoms with van der Waals surface area (Å²) in [7, 11) is -2.53. The molecule has 0 aliphatic carbocycles. The van der Waals surface area contributed by atoms with Crippen LogP contribution in [-0.4, -0.2) is 4.89 Å². The zero-order chi connectivity index (χ0) is 12.5. The molecule has 0 saturated carbocycles. The van der Waals surface area contributed by atoms with Gasteiger partial charge in [-0.05, 0) is 24.3 Å². The molecule has 1 atom stereocenters. The third kappa shape index (κ3) is 5.82. The second-order valence-electron chi connectivity index (χ2n) is 2.93. The average molecular weight is 254 g/mol. The van der Waals surface area contributed by atoms with Crippen molar-refractivity contribution in [3.8, 4) is 5.75 Å². The fourth-order valence-corrected chi connectivity index (χ4v) is 1.30. The van der Waals surface area contributed by atoms with Crippen LogP contribution < -0.4 is 10.3 Å². The Balaban J connectivity index is 0.000000181. The van der Waals surface area contributed by atoms with Crippen LogP contribution in [-0.2, 0) is 11.1 Å². The van der Waals surface area contributed by atoms with Crippen LogP contribution in [0.25, 0.3) is 0 Å². The Bertz CT molecular complexity index is 430. The van der Waals surface area contributed by atoms with E-state index in [1.54, 1.807) is 36.6 Å². The van der Waals surface area contributed by atoms with Crippen LogP contribution >= 0.6 is 8.25 Å². The number of rotatable bonds is 3. The molecule has 2 rings (SSSR count). The molecule has 1 heterocycles. The lowest BCUT2D eigenvalue weighted by molar-refractivity contribution is 0.410. The molecule has 1 aromatic heterocycles. The van der Waals surface area contributed by atoms with Crippen LogP contribution in [0.3, 0.4) is 0 Å². The average Bonchev–Trinajstić information content (AvgIpc) is 2.83. The van der Waals surface area contributed by atoms with Gasteiger partial charge in [0.05, 0.1) is 12.8 Å². The number of nitrogens with two attached hydrogens (primary N) is 1. The first-order valence-electron chi connectivity index (χ1n) is 4.84. The third-order valence-electron chi connectivity index (χ3n) is 1.71. The maximum Gasteiger partial charge on any atom is 0.747 e. The monoisotopic (exact) mass is 254 g/mol. The highest BCUT2D eigenvalue weighted by Gasteiger charge is 2.12. The van der Waals surface area contributed by atoms with Crippen molar-refractivity contribution in [1.82, 2.24) is 0 Å². The van der Waals surface area contributed by atoms with Crippen LogP contribution in [0, 0.1) is 0 Å². The Morgan fingerprint density at radius 1 is 1.24 bits per heavy atom. The summed E-state index contributed by atoms with van der Waals surface area (Å²) in [5, 5.41) is 0. The van der Waals surface area contributed by atoms with E-state index in [1.807, 2.05) is 12.1 Å². The molecule has 1 unspecified atom stereocenters. The van der Waals surface area contributed by atoms with Crippen molar-refractivity contribution in [1.29, 1.82) is 0 Å². The fourth-order valence-electron chi connectivity index (χ4n) is 1.00. The van der Waals surface area contributed by atoms with Crippen LogP contribution in [0.1, 0.15) is 5.76 Å². The van der Waals surface area contributed by atoms with Gasteiger partial charge in [0, 0.05) is 4.57 Å². The molecule has 0 bridgehead atoms. The summed E-state index contributed by atoms with van der Waals surface area (Å²) < 4.78 is 19.4. The Labute approximate surface area is 99.8 Å². The van der Waals surface area contributed by atoms with E-state index in [4.69, 9.17) is 15.0 Å². The zero-order valence-electron chi connectivity index (χ0n) is 9.02. The van der Waals surface area contributed by atoms with E-state index in [9.17, 15) is 4.57 Å². The molecular weight excluding hydrogens is 241 g/mol. The van der Waals surface area contributed by atoms with Gasteiger partial charge in [-0.25, -0.2) is 4.52 Å². The highest BCUT2D eigenvalue weighted by atomic mass is 31.1. The molecule has 2 aromatic rings. The zero-order valence-corrected chi connectivity index (χ0v) is 9.92. The molecule has 0 fully saturated rings. The van der Waals surface area contributed by atoms with E-state index >= 15 is 0 Å². The van der Waals surface area contributed by atoms with Gasteiger partial charge in [0.25, 0.3) is 0 Å². The maximum absolute atomic E-state index is 10.1. The molecule has 3 N–H and O–H groups in total. The normalized spacial score (nSPS) is 10.1. The van der Waals surface area contributed by atoms with E-state index in [2.05, 4.69) is 4.52 Å². The number of benzene rings is 1. The van der Waals surface area contributed by atoms with Crippen molar-refractivity contribution in [2.45, 2.75) is 6.54 Å². The summed E-state index contributed by atoms with van der Waals surface area (Å²) in [6, 6.07) is 12.2. The molecule has 5 nitrogen and oxygen atoms in total. The maximum atomic E-state index is 10.1. The second kappa shape index (κ2) is 7.57. The van der Waals surface area contributed by atoms with Gasteiger partial charge in [-0.1, -0.05) is 18.2 Å². The van der Waals surface area contributed by atoms with Crippen LogP contribution in [0.2, 0.25) is 0 Å². The molecule has 17 heavy (non-hydrogen) atoms. The first kappa shape index (κ1) is 13.4. The van der Waals surface area contributed by atoms with Crippen molar-refractivity contribution in [3.05, 3.63) is 54.5 Å². The predicted octanol–water partition coefficient (Wildman–Crippen LogP) is 2.45. The molecule has 90 valence electrons. The van der Waals surface area contributed by atoms with Gasteiger partial charge >= 0.3 is 8.25 Å². The van der Waals surface area contributed by atoms with Gasteiger partial charge in [-0.15, -0.1) is 4.89 Å². The largest absolute Gasteiger partial charge is 0.747 e. The summed E-state index contributed by atoms with van der Waals surface area (Å²) in [5.74, 6) is 1.24. The molecule has 6 heteroatoms. The van der Waals surface area contributed by atoms with Crippen molar-refractivity contribution < 1.29 is 18.4 Å². The standard InChI is InChI=1S/C6H5O3P.C5H7NO/c7-10(8)9-6-4-2-1-3-5-6;6-4-5-2-1-3-7-5/h1-5H;1-3H,4,6H2/p+1. The van der Waals surface area contributed by atoms with Crippen molar-refractivity contribution in [3.63, 3.8) is 0 Å². The minimum Gasteiger partial charge on any atom is -0.468 e. The Morgan fingerprint density at radius 2 is 1.94 bits per heavy atom. The van der Waals surface area contributed by atoms with E-state index in [0.29, 0.717) is 12.3 Å². The summed E-state index contributed by atoms with van der Waals surface area (Å²) in [6.07, 6.45) is 1.61. The van der Waals surface area contributed by atoms with Gasteiger partial charge in [0.2, 0.25) is 0 Å². The van der Waals surface area contributed by atoms with Crippen LogP contribution in [0.4, 0.5) is 0 Å². The number of furan rings is 1. The molecular formula is C11H13NO4P+. The van der Waals surface area contributed by atoms with Crippen molar-refractivity contribution in [2.24, 2.45) is 5.73 Å². The third-order valence-corrected chi connectivity index (χ3v) is 2.07. The number of para-hydroxylation sites is 1. The molecule has 0 aliphatic rings. The quantitative estimate of drug-likeness (QED) is 0.821. The van der Waals surface area contributed by atoms with Crippen molar-refractivity contribution >= 4 is 8.25 Å². The van der Waals surface area contributed by atoms with E-state index in [-0.39, 0.29) is 0 Å². The second-order valence-corrected chi connectivity index (χ2v) is 3.58. The minimum atomic E-state index is -2.53. The Morgan fingerprint density at radius 3 is 2.35 bits per heavy atom. The summed E-state index contributed by atoms with van der Waals surface area (Å²) in [4.78, 5) is 8.29. The first-order valence-corrected chi connectivity index (χ1v) is 5.97. The lowest BCUT2D eigenvalue weighted by Gasteiger charge is -1.86. The molecule has 0 amide bonds. The number of hydrogen-bond donors (Lipinski definition) is 2. The van der Waals surface area contributed by atoms with Gasteiger partial charge in [-0.2, -0.15) is 0 Å². The van der Waals surface area contributed by atoms with Gasteiger partial charge < -0.3 is 10.2 Å². The van der Waals surface area contributed by atoms with E-state index in [0.717, 1.165) is 5.76 Å². The van der Waals surface area contributed by atoms with Gasteiger partial charge in [0.15, 0.2) is 5.75 Å². The Kier molecular flexibility index (Phi) is 5.96. The summed E-state index contributed by atoms with van der Waals surface area (Å²) in [5.41, 5.74) is 5.20. The Hall–Kier alpha value is -1.68. The van der Waals surface area contributed by atoms with Gasteiger partial charge in [-0.3, -0.25) is 0 Å². The fraction of sp³-hybridized carbons (Fsp3) is 0.0909. The van der Waals surface area contributed by atoms with Crippen molar-refractivity contribution in [2.75, 3.05) is 0 Å². The highest BCUT2D eigenvalue weighted by Crippen LogP contribution is 2.21. The SMILES string of the molecule is NCc1ccco1.O=[P+](O)Oc1ccccc1. The summed E-state index contributed by atoms with van der Waals surface area (Å²) >= 11 is 0. The molecule has 0 spiro atoms. The minimum absolute atomic E-state index is 0.408. The molecule has 0 saturated heterocycles. The lowest BCUT2D eigenvalue weighted by Crippen LogP contribution is -1.92. The number of hydrogen-bond acceptors (Lipinski definition) is 4. The van der Waals surface area contributed by atoms with Crippen LogP contribution in [0.15, 0.2) is 53.1 Å².